The van der Waals surface area contributed by atoms with Gasteiger partial charge >= 0.3 is 0 Å². The molecule has 1 rings (SSSR count). The molecule has 2 nitrogen and oxygen atoms in total. The Hall–Kier alpha value is -0.670. The van der Waals surface area contributed by atoms with E-state index in [-0.39, 0.29) is 5.41 Å². The molecule has 1 aromatic rings. The third-order valence-electron chi connectivity index (χ3n) is 2.03. The summed E-state index contributed by atoms with van der Waals surface area (Å²) in [7, 11) is 1.45. The minimum atomic E-state index is -1.35. The average molecular weight is 212 g/mol. The number of hydrogen-bond donors (Lipinski definition) is 0. The largest absolute Gasteiger partial charge is 0.290 e. The van der Waals surface area contributed by atoms with Crippen molar-refractivity contribution in [1.82, 2.24) is 0 Å². The van der Waals surface area contributed by atoms with E-state index in [9.17, 15) is 4.21 Å². The summed E-state index contributed by atoms with van der Waals surface area (Å²) in [4.78, 5) is 0.766. The molecule has 1 atom stereocenters. The number of hydrogen-bond acceptors (Lipinski definition) is 2. The fourth-order valence-electron chi connectivity index (χ4n) is 1.32. The van der Waals surface area contributed by atoms with Crippen molar-refractivity contribution in [3.05, 3.63) is 29.8 Å². The lowest BCUT2D eigenvalue weighted by Crippen LogP contribution is -2.14. The topological polar surface area (TPSA) is 26.3 Å². The van der Waals surface area contributed by atoms with Gasteiger partial charge in [-0.15, -0.1) is 0 Å². The molecule has 0 radical (unpaired) electrons. The molecule has 0 bridgehead atoms. The third kappa shape index (κ3) is 2.42. The van der Waals surface area contributed by atoms with Gasteiger partial charge in [-0.05, 0) is 17.0 Å². The van der Waals surface area contributed by atoms with Crippen LogP contribution in [0.1, 0.15) is 26.3 Å². The van der Waals surface area contributed by atoms with E-state index in [0.29, 0.717) is 0 Å². The Kier molecular flexibility index (Phi) is 3.45. The highest BCUT2D eigenvalue weighted by molar-refractivity contribution is 7.80. The van der Waals surface area contributed by atoms with Crippen molar-refractivity contribution < 1.29 is 8.39 Å². The smallest absolute Gasteiger partial charge is 0.189 e. The maximum atomic E-state index is 11.6. The summed E-state index contributed by atoms with van der Waals surface area (Å²) in [5.74, 6) is 0. The predicted molar refractivity (Wildman–Crippen MR) is 58.6 cm³/mol. The van der Waals surface area contributed by atoms with E-state index < -0.39 is 11.1 Å². The van der Waals surface area contributed by atoms with Gasteiger partial charge in [0.1, 0.15) is 0 Å². The van der Waals surface area contributed by atoms with Crippen LogP contribution in [0.3, 0.4) is 0 Å². The SMILES string of the molecule is COS(=O)c1ccccc1C(C)(C)C. The van der Waals surface area contributed by atoms with E-state index in [1.165, 1.54) is 7.11 Å². The fraction of sp³-hybridized carbons (Fsp3) is 0.455. The molecular weight excluding hydrogens is 196 g/mol. The van der Waals surface area contributed by atoms with Gasteiger partial charge in [-0.3, -0.25) is 4.18 Å². The fourth-order valence-corrected chi connectivity index (χ4v) is 2.24. The van der Waals surface area contributed by atoms with Crippen LogP contribution in [0.25, 0.3) is 0 Å². The summed E-state index contributed by atoms with van der Waals surface area (Å²) in [6, 6.07) is 7.67. The highest BCUT2D eigenvalue weighted by Crippen LogP contribution is 2.27. The van der Waals surface area contributed by atoms with Crippen LogP contribution in [0, 0.1) is 0 Å². The zero-order valence-electron chi connectivity index (χ0n) is 9.03. The van der Waals surface area contributed by atoms with E-state index in [1.807, 2.05) is 24.3 Å². The van der Waals surface area contributed by atoms with Crippen LogP contribution in [0.5, 0.6) is 0 Å². The van der Waals surface area contributed by atoms with Crippen LogP contribution >= 0.6 is 0 Å². The summed E-state index contributed by atoms with van der Waals surface area (Å²) in [6.45, 7) is 6.29. The second-order valence-corrected chi connectivity index (χ2v) is 5.39. The van der Waals surface area contributed by atoms with E-state index in [4.69, 9.17) is 4.18 Å². The zero-order chi connectivity index (χ0) is 10.8. The van der Waals surface area contributed by atoms with Crippen molar-refractivity contribution in [3.8, 4) is 0 Å². The first-order valence-electron chi connectivity index (χ1n) is 4.52. The Morgan fingerprint density at radius 3 is 2.29 bits per heavy atom. The monoisotopic (exact) mass is 212 g/mol. The Labute approximate surface area is 88.0 Å². The Balaban J connectivity index is 3.23. The van der Waals surface area contributed by atoms with Gasteiger partial charge in [0.2, 0.25) is 0 Å². The van der Waals surface area contributed by atoms with Gasteiger partial charge in [0.25, 0.3) is 0 Å². The normalized spacial score (nSPS) is 14.0. The molecule has 0 aliphatic carbocycles. The van der Waals surface area contributed by atoms with Crippen molar-refractivity contribution in [2.75, 3.05) is 7.11 Å². The first-order valence-corrected chi connectivity index (χ1v) is 5.60. The second kappa shape index (κ2) is 4.24. The quantitative estimate of drug-likeness (QED) is 0.753. The summed E-state index contributed by atoms with van der Waals surface area (Å²) < 4.78 is 16.4. The minimum Gasteiger partial charge on any atom is -0.290 e. The minimum absolute atomic E-state index is 0.00914. The van der Waals surface area contributed by atoms with Crippen molar-refractivity contribution in [3.63, 3.8) is 0 Å². The molecule has 0 amide bonds. The van der Waals surface area contributed by atoms with Gasteiger partial charge in [-0.25, -0.2) is 4.21 Å². The van der Waals surface area contributed by atoms with Gasteiger partial charge in [0, 0.05) is 0 Å². The van der Waals surface area contributed by atoms with Gasteiger partial charge in [-0.1, -0.05) is 39.0 Å². The van der Waals surface area contributed by atoms with Gasteiger partial charge in [0.05, 0.1) is 12.0 Å². The van der Waals surface area contributed by atoms with E-state index in [0.717, 1.165) is 10.5 Å². The Morgan fingerprint density at radius 2 is 1.79 bits per heavy atom. The van der Waals surface area contributed by atoms with Crippen molar-refractivity contribution in [2.45, 2.75) is 31.1 Å². The van der Waals surface area contributed by atoms with Crippen molar-refractivity contribution in [1.29, 1.82) is 0 Å². The molecule has 0 aromatic heterocycles. The lowest BCUT2D eigenvalue weighted by Gasteiger charge is -2.21. The second-order valence-electron chi connectivity index (χ2n) is 4.15. The molecule has 0 saturated heterocycles. The third-order valence-corrected chi connectivity index (χ3v) is 3.04. The maximum Gasteiger partial charge on any atom is 0.189 e. The summed E-state index contributed by atoms with van der Waals surface area (Å²) in [5, 5.41) is 0. The van der Waals surface area contributed by atoms with Crippen LogP contribution in [0.15, 0.2) is 29.2 Å². The lowest BCUT2D eigenvalue weighted by molar-refractivity contribution is 0.442. The van der Waals surface area contributed by atoms with E-state index in [1.54, 1.807) is 0 Å². The van der Waals surface area contributed by atoms with E-state index >= 15 is 0 Å². The standard InChI is InChI=1S/C11H16O2S/c1-11(2,3)9-7-5-6-8-10(9)14(12)13-4/h5-8H,1-4H3. The van der Waals surface area contributed by atoms with Crippen LogP contribution in [-0.2, 0) is 20.7 Å². The molecular formula is C11H16O2S. The highest BCUT2D eigenvalue weighted by atomic mass is 32.2. The average Bonchev–Trinajstić information content (AvgIpc) is 2.15. The predicted octanol–water partition coefficient (Wildman–Crippen LogP) is 2.65. The molecule has 1 unspecified atom stereocenters. The first-order chi connectivity index (χ1) is 6.46. The summed E-state index contributed by atoms with van der Waals surface area (Å²) in [5.41, 5.74) is 1.06. The van der Waals surface area contributed by atoms with Gasteiger partial charge < -0.3 is 0 Å². The summed E-state index contributed by atoms with van der Waals surface area (Å²) >= 11 is -1.35. The molecule has 0 N–H and O–H groups in total. The van der Waals surface area contributed by atoms with Crippen LogP contribution in [0.2, 0.25) is 0 Å². The molecule has 14 heavy (non-hydrogen) atoms. The van der Waals surface area contributed by atoms with Crippen LogP contribution in [-0.4, -0.2) is 11.3 Å². The molecule has 0 saturated carbocycles. The van der Waals surface area contributed by atoms with Crippen LogP contribution < -0.4 is 0 Å². The maximum absolute atomic E-state index is 11.6. The Morgan fingerprint density at radius 1 is 1.21 bits per heavy atom. The summed E-state index contributed by atoms with van der Waals surface area (Å²) in [6.07, 6.45) is 0. The first kappa shape index (κ1) is 11.4. The molecule has 0 aliphatic rings. The molecule has 0 fully saturated rings. The van der Waals surface area contributed by atoms with Crippen LogP contribution in [0.4, 0.5) is 0 Å². The zero-order valence-corrected chi connectivity index (χ0v) is 9.85. The van der Waals surface area contributed by atoms with E-state index in [2.05, 4.69) is 20.8 Å². The molecule has 0 heterocycles. The van der Waals surface area contributed by atoms with Gasteiger partial charge in [0.15, 0.2) is 11.1 Å². The Bertz CT molecular complexity index is 339. The molecule has 0 spiro atoms. The van der Waals surface area contributed by atoms with Crippen molar-refractivity contribution >= 4 is 11.1 Å². The lowest BCUT2D eigenvalue weighted by atomic mass is 9.87. The number of benzene rings is 1. The molecule has 0 aliphatic heterocycles. The number of rotatable bonds is 2. The van der Waals surface area contributed by atoms with Crippen molar-refractivity contribution in [2.24, 2.45) is 0 Å². The molecule has 1 aromatic carbocycles. The van der Waals surface area contributed by atoms with Gasteiger partial charge in [-0.2, -0.15) is 0 Å². The highest BCUT2D eigenvalue weighted by Gasteiger charge is 2.20. The molecule has 78 valence electrons. The molecule has 3 heteroatoms.